The summed E-state index contributed by atoms with van der Waals surface area (Å²) >= 11 is 10.0. The number of rotatable bonds is 7. The molecule has 0 aliphatic carbocycles. The van der Waals surface area contributed by atoms with Crippen LogP contribution in [0.4, 0.5) is 0 Å². The van der Waals surface area contributed by atoms with Crippen molar-refractivity contribution in [1.82, 2.24) is 0 Å². The summed E-state index contributed by atoms with van der Waals surface area (Å²) in [6.07, 6.45) is 4.95. The van der Waals surface area contributed by atoms with E-state index in [1.54, 1.807) is 0 Å². The van der Waals surface area contributed by atoms with Crippen LogP contribution in [0, 0.1) is 11.8 Å². The van der Waals surface area contributed by atoms with Crippen LogP contribution >= 0.6 is 23.8 Å². The van der Waals surface area contributed by atoms with Gasteiger partial charge in [-0.05, 0) is 42.1 Å². The molecule has 0 N–H and O–H groups in total. The molecule has 0 aromatic carbocycles. The summed E-state index contributed by atoms with van der Waals surface area (Å²) < 4.78 is 5.18. The van der Waals surface area contributed by atoms with Gasteiger partial charge in [-0.15, -0.1) is 0 Å². The van der Waals surface area contributed by atoms with Crippen molar-refractivity contribution >= 4 is 28.3 Å². The van der Waals surface area contributed by atoms with Crippen LogP contribution in [0.5, 0.6) is 0 Å². The molecule has 0 rings (SSSR count). The molecule has 0 spiro atoms. The zero-order valence-electron chi connectivity index (χ0n) is 9.38. The van der Waals surface area contributed by atoms with Gasteiger partial charge < -0.3 is 4.74 Å². The molecule has 1 atom stereocenters. The van der Waals surface area contributed by atoms with Crippen LogP contribution < -0.4 is 0 Å². The lowest BCUT2D eigenvalue weighted by Crippen LogP contribution is -2.03. The first-order chi connectivity index (χ1) is 6.52. The van der Waals surface area contributed by atoms with Gasteiger partial charge in [0, 0.05) is 0 Å². The molecule has 14 heavy (non-hydrogen) atoms. The molecule has 0 amide bonds. The first kappa shape index (κ1) is 14.2. The second kappa shape index (κ2) is 8.49. The van der Waals surface area contributed by atoms with Crippen LogP contribution in [-0.2, 0) is 4.74 Å². The van der Waals surface area contributed by atoms with Gasteiger partial charge in [-0.3, -0.25) is 0 Å². The predicted octanol–water partition coefficient (Wildman–Crippen LogP) is 4.38. The second-order valence-electron chi connectivity index (χ2n) is 4.30. The van der Waals surface area contributed by atoms with Crippen LogP contribution in [0.3, 0.4) is 0 Å². The Hall–Kier alpha value is 0.180. The number of hydrogen-bond acceptors (Lipinski definition) is 2. The Morgan fingerprint density at radius 2 is 1.86 bits per heavy atom. The highest BCUT2D eigenvalue weighted by Crippen LogP contribution is 2.15. The van der Waals surface area contributed by atoms with E-state index in [1.165, 1.54) is 19.3 Å². The maximum atomic E-state index is 5.42. The molecular formula is C11H21ClOS. The summed E-state index contributed by atoms with van der Waals surface area (Å²) in [5.41, 5.74) is 0. The molecule has 0 fully saturated rings. The topological polar surface area (TPSA) is 9.23 Å². The van der Waals surface area contributed by atoms with E-state index in [-0.39, 0.29) is 4.51 Å². The van der Waals surface area contributed by atoms with E-state index in [2.05, 4.69) is 33.0 Å². The molecule has 0 aromatic heterocycles. The summed E-state index contributed by atoms with van der Waals surface area (Å²) in [5.74, 6) is 1.52. The monoisotopic (exact) mass is 236 g/mol. The van der Waals surface area contributed by atoms with Gasteiger partial charge in [-0.25, -0.2) is 0 Å². The van der Waals surface area contributed by atoms with Crippen LogP contribution in [0.15, 0.2) is 0 Å². The summed E-state index contributed by atoms with van der Waals surface area (Å²) in [7, 11) is 0. The van der Waals surface area contributed by atoms with Crippen LogP contribution in [0.25, 0.3) is 0 Å². The van der Waals surface area contributed by atoms with Crippen molar-refractivity contribution in [2.75, 3.05) is 6.61 Å². The van der Waals surface area contributed by atoms with E-state index in [9.17, 15) is 0 Å². The maximum Gasteiger partial charge on any atom is 0.255 e. The lowest BCUT2D eigenvalue weighted by atomic mass is 9.98. The van der Waals surface area contributed by atoms with Gasteiger partial charge in [0.15, 0.2) is 0 Å². The van der Waals surface area contributed by atoms with E-state index in [1.807, 2.05) is 0 Å². The third kappa shape index (κ3) is 10.3. The molecule has 1 unspecified atom stereocenters. The van der Waals surface area contributed by atoms with Crippen molar-refractivity contribution in [3.8, 4) is 0 Å². The van der Waals surface area contributed by atoms with Crippen LogP contribution in [0.2, 0.25) is 0 Å². The van der Waals surface area contributed by atoms with Gasteiger partial charge >= 0.3 is 0 Å². The Morgan fingerprint density at radius 1 is 1.21 bits per heavy atom. The minimum absolute atomic E-state index is 0.138. The van der Waals surface area contributed by atoms with Gasteiger partial charge in [0.2, 0.25) is 0 Å². The zero-order valence-corrected chi connectivity index (χ0v) is 11.0. The van der Waals surface area contributed by atoms with Gasteiger partial charge in [0.05, 0.1) is 6.61 Å². The van der Waals surface area contributed by atoms with E-state index in [4.69, 9.17) is 16.3 Å². The van der Waals surface area contributed by atoms with E-state index in [0.29, 0.717) is 12.5 Å². The zero-order chi connectivity index (χ0) is 11.0. The van der Waals surface area contributed by atoms with Crippen LogP contribution in [0.1, 0.15) is 46.5 Å². The SMILES string of the molecule is CC(C)CCCC(C)CCOC(=S)Cl. The predicted molar refractivity (Wildman–Crippen MR) is 66.9 cm³/mol. The minimum atomic E-state index is 0.138. The molecule has 0 heterocycles. The van der Waals surface area contributed by atoms with Gasteiger partial charge in [0.25, 0.3) is 4.51 Å². The molecule has 0 saturated carbocycles. The molecule has 84 valence electrons. The number of hydrogen-bond donors (Lipinski definition) is 0. The normalized spacial score (nSPS) is 12.9. The fourth-order valence-electron chi connectivity index (χ4n) is 1.36. The fourth-order valence-corrected chi connectivity index (χ4v) is 1.52. The Kier molecular flexibility index (Phi) is 8.59. The van der Waals surface area contributed by atoms with Gasteiger partial charge in [-0.1, -0.05) is 40.0 Å². The molecular weight excluding hydrogens is 216 g/mol. The smallest absolute Gasteiger partial charge is 0.255 e. The third-order valence-corrected chi connectivity index (χ3v) is 2.53. The van der Waals surface area contributed by atoms with Crippen molar-refractivity contribution < 1.29 is 4.74 Å². The first-order valence-electron chi connectivity index (χ1n) is 5.34. The Bertz CT molecular complexity index is 159. The van der Waals surface area contributed by atoms with Crippen molar-refractivity contribution in [1.29, 1.82) is 0 Å². The minimum Gasteiger partial charge on any atom is -0.475 e. The lowest BCUT2D eigenvalue weighted by molar-refractivity contribution is 0.276. The average Bonchev–Trinajstić information content (AvgIpc) is 2.02. The highest BCUT2D eigenvalue weighted by Gasteiger charge is 2.03. The van der Waals surface area contributed by atoms with Crippen molar-refractivity contribution in [2.24, 2.45) is 11.8 Å². The third-order valence-electron chi connectivity index (χ3n) is 2.30. The number of ether oxygens (including phenoxy) is 1. The van der Waals surface area contributed by atoms with Crippen molar-refractivity contribution in [2.45, 2.75) is 46.5 Å². The van der Waals surface area contributed by atoms with E-state index >= 15 is 0 Å². The molecule has 0 saturated heterocycles. The highest BCUT2D eigenvalue weighted by atomic mass is 35.5. The summed E-state index contributed by atoms with van der Waals surface area (Å²) in [5, 5.41) is 0. The Balaban J connectivity index is 3.27. The van der Waals surface area contributed by atoms with E-state index < -0.39 is 0 Å². The summed E-state index contributed by atoms with van der Waals surface area (Å²) in [6.45, 7) is 7.44. The van der Waals surface area contributed by atoms with Gasteiger partial charge in [-0.2, -0.15) is 0 Å². The average molecular weight is 237 g/mol. The summed E-state index contributed by atoms with van der Waals surface area (Å²) in [4.78, 5) is 0. The van der Waals surface area contributed by atoms with Crippen molar-refractivity contribution in [3.05, 3.63) is 0 Å². The second-order valence-corrected chi connectivity index (χ2v) is 5.24. The maximum absolute atomic E-state index is 5.42. The van der Waals surface area contributed by atoms with Crippen molar-refractivity contribution in [3.63, 3.8) is 0 Å². The Labute approximate surface area is 98.2 Å². The molecule has 0 radical (unpaired) electrons. The fraction of sp³-hybridized carbons (Fsp3) is 0.909. The molecule has 0 aromatic rings. The first-order valence-corrected chi connectivity index (χ1v) is 6.13. The molecule has 0 aliphatic heterocycles. The van der Waals surface area contributed by atoms with Gasteiger partial charge in [0.1, 0.15) is 0 Å². The van der Waals surface area contributed by atoms with E-state index in [0.717, 1.165) is 12.3 Å². The standard InChI is InChI=1S/C11H21ClOS/c1-9(2)5-4-6-10(3)7-8-13-11(12)14/h9-10H,4-8H2,1-3H3. The Morgan fingerprint density at radius 3 is 2.36 bits per heavy atom. The highest BCUT2D eigenvalue weighted by molar-refractivity contribution is 7.82. The summed E-state index contributed by atoms with van der Waals surface area (Å²) in [6, 6.07) is 0. The molecule has 0 aliphatic rings. The molecule has 1 nitrogen and oxygen atoms in total. The lowest BCUT2D eigenvalue weighted by Gasteiger charge is -2.11. The number of halogens is 1. The quantitative estimate of drug-likeness (QED) is 0.479. The largest absolute Gasteiger partial charge is 0.475 e. The molecule has 3 heteroatoms. The van der Waals surface area contributed by atoms with Crippen LogP contribution in [-0.4, -0.2) is 11.1 Å². The number of thiocarbonyl (C=S) groups is 1. The molecule has 0 bridgehead atoms.